The number of amides is 1. The quantitative estimate of drug-likeness (QED) is 0.823. The van der Waals surface area contributed by atoms with Gasteiger partial charge in [-0.05, 0) is 24.1 Å². The third-order valence-corrected chi connectivity index (χ3v) is 4.24. The normalized spacial score (nSPS) is 20.8. The average molecular weight is 288 g/mol. The van der Waals surface area contributed by atoms with Crippen LogP contribution >= 0.6 is 0 Å². The van der Waals surface area contributed by atoms with Crippen LogP contribution in [0.3, 0.4) is 0 Å². The van der Waals surface area contributed by atoms with E-state index < -0.39 is 0 Å². The van der Waals surface area contributed by atoms with Crippen LogP contribution in [0.4, 0.5) is 5.69 Å². The lowest BCUT2D eigenvalue weighted by Gasteiger charge is -2.28. The molecule has 2 fully saturated rings. The fraction of sp³-hybridized carbons (Fsp3) is 0.562. The highest BCUT2D eigenvalue weighted by molar-refractivity contribution is 5.95. The van der Waals surface area contributed by atoms with Crippen molar-refractivity contribution < 1.29 is 4.79 Å². The van der Waals surface area contributed by atoms with Crippen LogP contribution in [0.15, 0.2) is 24.3 Å². The van der Waals surface area contributed by atoms with Gasteiger partial charge >= 0.3 is 0 Å². The molecule has 0 unspecified atom stereocenters. The highest BCUT2D eigenvalue weighted by Crippen LogP contribution is 2.18. The second-order valence-corrected chi connectivity index (χ2v) is 5.73. The van der Waals surface area contributed by atoms with Crippen molar-refractivity contribution in [3.63, 3.8) is 0 Å². The molecule has 1 aromatic rings. The van der Waals surface area contributed by atoms with Crippen molar-refractivity contribution in [1.82, 2.24) is 15.5 Å². The number of piperazine rings is 2. The lowest BCUT2D eigenvalue weighted by Crippen LogP contribution is -2.48. The summed E-state index contributed by atoms with van der Waals surface area (Å²) in [6.07, 6.45) is 1.05. The van der Waals surface area contributed by atoms with Gasteiger partial charge in [0.25, 0.3) is 0 Å². The molecule has 1 amide bonds. The van der Waals surface area contributed by atoms with Crippen molar-refractivity contribution in [3.8, 4) is 0 Å². The van der Waals surface area contributed by atoms with Crippen LogP contribution in [0.2, 0.25) is 0 Å². The zero-order chi connectivity index (χ0) is 14.5. The van der Waals surface area contributed by atoms with E-state index in [2.05, 4.69) is 33.7 Å². The molecular weight excluding hydrogens is 264 g/mol. The molecule has 2 N–H and O–H groups in total. The monoisotopic (exact) mass is 288 g/mol. The summed E-state index contributed by atoms with van der Waals surface area (Å²) in [4.78, 5) is 16.4. The van der Waals surface area contributed by atoms with Gasteiger partial charge in [0.2, 0.25) is 5.91 Å². The van der Waals surface area contributed by atoms with Crippen LogP contribution in [-0.4, -0.2) is 63.2 Å². The van der Waals surface area contributed by atoms with E-state index in [0.29, 0.717) is 6.54 Å². The molecule has 0 spiro atoms. The fourth-order valence-electron chi connectivity index (χ4n) is 2.98. The summed E-state index contributed by atoms with van der Waals surface area (Å²) in [5, 5.41) is 6.49. The standard InChI is InChI=1S/C16H24N4O/c21-16-13-18-7-11-20(16)15-3-1-2-14(12-15)4-8-19-9-5-17-6-10-19/h1-3,12,17-18H,4-11,13H2. The molecule has 0 bridgehead atoms. The number of carbonyl (C=O) groups is 1. The zero-order valence-corrected chi connectivity index (χ0v) is 12.5. The number of nitrogens with zero attached hydrogens (tertiary/aromatic N) is 2. The summed E-state index contributed by atoms with van der Waals surface area (Å²) < 4.78 is 0. The molecule has 0 aliphatic carbocycles. The van der Waals surface area contributed by atoms with E-state index in [1.54, 1.807) is 0 Å². The highest BCUT2D eigenvalue weighted by atomic mass is 16.2. The maximum absolute atomic E-state index is 12.0. The number of rotatable bonds is 4. The molecule has 2 aliphatic rings. The average Bonchev–Trinajstić information content (AvgIpc) is 2.55. The summed E-state index contributed by atoms with van der Waals surface area (Å²) in [7, 11) is 0. The molecule has 2 aliphatic heterocycles. The Morgan fingerprint density at radius 3 is 2.67 bits per heavy atom. The van der Waals surface area contributed by atoms with Crippen LogP contribution in [0, 0.1) is 0 Å². The smallest absolute Gasteiger partial charge is 0.240 e. The number of carbonyl (C=O) groups excluding carboxylic acids is 1. The lowest BCUT2D eigenvalue weighted by molar-refractivity contribution is -0.118. The first-order valence-corrected chi connectivity index (χ1v) is 7.86. The minimum absolute atomic E-state index is 0.167. The Labute approximate surface area is 126 Å². The van der Waals surface area contributed by atoms with Crippen LogP contribution in [0.1, 0.15) is 5.56 Å². The van der Waals surface area contributed by atoms with Gasteiger partial charge in [-0.2, -0.15) is 0 Å². The van der Waals surface area contributed by atoms with E-state index in [1.165, 1.54) is 5.56 Å². The second-order valence-electron chi connectivity index (χ2n) is 5.73. The highest BCUT2D eigenvalue weighted by Gasteiger charge is 2.19. The molecule has 21 heavy (non-hydrogen) atoms. The molecule has 1 aromatic carbocycles. The SMILES string of the molecule is O=C1CNCCN1c1cccc(CCN2CCNCC2)c1. The Kier molecular flexibility index (Phi) is 4.85. The van der Waals surface area contributed by atoms with Crippen LogP contribution in [0.25, 0.3) is 0 Å². The molecule has 5 nitrogen and oxygen atoms in total. The van der Waals surface area contributed by atoms with Gasteiger partial charge in [-0.15, -0.1) is 0 Å². The van der Waals surface area contributed by atoms with Crippen LogP contribution in [-0.2, 0) is 11.2 Å². The van der Waals surface area contributed by atoms with E-state index >= 15 is 0 Å². The number of benzene rings is 1. The van der Waals surface area contributed by atoms with Crippen molar-refractivity contribution in [1.29, 1.82) is 0 Å². The van der Waals surface area contributed by atoms with Crippen molar-refractivity contribution in [2.24, 2.45) is 0 Å². The maximum Gasteiger partial charge on any atom is 0.240 e. The first-order valence-electron chi connectivity index (χ1n) is 7.86. The third kappa shape index (κ3) is 3.81. The van der Waals surface area contributed by atoms with Gasteiger partial charge < -0.3 is 20.4 Å². The first kappa shape index (κ1) is 14.5. The third-order valence-electron chi connectivity index (χ3n) is 4.24. The number of hydrogen-bond donors (Lipinski definition) is 2. The van der Waals surface area contributed by atoms with Gasteiger partial charge in [-0.3, -0.25) is 4.79 Å². The Hall–Kier alpha value is -1.43. The summed E-state index contributed by atoms with van der Waals surface area (Å²) in [6, 6.07) is 8.44. The van der Waals surface area contributed by atoms with Crippen molar-refractivity contribution in [2.45, 2.75) is 6.42 Å². The van der Waals surface area contributed by atoms with E-state index in [4.69, 9.17) is 0 Å². The predicted octanol–water partition coefficient (Wildman–Crippen LogP) is 0.0705. The summed E-state index contributed by atoms with van der Waals surface area (Å²) in [5.41, 5.74) is 2.36. The van der Waals surface area contributed by atoms with Crippen LogP contribution in [0.5, 0.6) is 0 Å². The first-order chi connectivity index (χ1) is 10.3. The topological polar surface area (TPSA) is 47.6 Å². The molecule has 3 rings (SSSR count). The van der Waals surface area contributed by atoms with Gasteiger partial charge in [0.15, 0.2) is 0 Å². The number of nitrogens with one attached hydrogen (secondary N) is 2. The fourth-order valence-corrected chi connectivity index (χ4v) is 2.98. The predicted molar refractivity (Wildman–Crippen MR) is 84.7 cm³/mol. The van der Waals surface area contributed by atoms with Gasteiger partial charge in [0.1, 0.15) is 0 Å². The second kappa shape index (κ2) is 7.02. The molecular formula is C16H24N4O. The van der Waals surface area contributed by atoms with Crippen molar-refractivity contribution >= 4 is 11.6 Å². The maximum atomic E-state index is 12.0. The van der Waals surface area contributed by atoms with Gasteiger partial charge in [-0.1, -0.05) is 12.1 Å². The molecule has 0 saturated carbocycles. The van der Waals surface area contributed by atoms with Gasteiger partial charge in [0.05, 0.1) is 6.54 Å². The molecule has 114 valence electrons. The Bertz CT molecular complexity index is 485. The summed E-state index contributed by atoms with van der Waals surface area (Å²) in [5.74, 6) is 0.167. The minimum atomic E-state index is 0.167. The Balaban J connectivity index is 1.61. The van der Waals surface area contributed by atoms with E-state index in [1.807, 2.05) is 11.0 Å². The van der Waals surface area contributed by atoms with Crippen molar-refractivity contribution in [2.75, 3.05) is 57.3 Å². The lowest BCUT2D eigenvalue weighted by atomic mass is 10.1. The molecule has 0 atom stereocenters. The molecule has 2 heterocycles. The number of hydrogen-bond acceptors (Lipinski definition) is 4. The van der Waals surface area contributed by atoms with Crippen molar-refractivity contribution in [3.05, 3.63) is 29.8 Å². The zero-order valence-electron chi connectivity index (χ0n) is 12.5. The number of anilines is 1. The van der Waals surface area contributed by atoms with Gasteiger partial charge in [0, 0.05) is 51.5 Å². The van der Waals surface area contributed by atoms with Gasteiger partial charge in [-0.25, -0.2) is 0 Å². The molecule has 0 aromatic heterocycles. The van der Waals surface area contributed by atoms with E-state index in [9.17, 15) is 4.79 Å². The largest absolute Gasteiger partial charge is 0.314 e. The Morgan fingerprint density at radius 2 is 1.86 bits per heavy atom. The summed E-state index contributed by atoms with van der Waals surface area (Å²) in [6.45, 7) is 7.64. The van der Waals surface area contributed by atoms with E-state index in [0.717, 1.165) is 57.9 Å². The molecule has 0 radical (unpaired) electrons. The van der Waals surface area contributed by atoms with Crippen LogP contribution < -0.4 is 15.5 Å². The minimum Gasteiger partial charge on any atom is -0.314 e. The Morgan fingerprint density at radius 1 is 1.05 bits per heavy atom. The molecule has 2 saturated heterocycles. The molecule has 5 heteroatoms. The summed E-state index contributed by atoms with van der Waals surface area (Å²) >= 11 is 0. The van der Waals surface area contributed by atoms with E-state index in [-0.39, 0.29) is 5.91 Å².